The number of benzene rings is 1. The lowest BCUT2D eigenvalue weighted by Gasteiger charge is -2.11. The van der Waals surface area contributed by atoms with Crippen molar-refractivity contribution >= 4 is 34.2 Å². The van der Waals surface area contributed by atoms with Crippen LogP contribution in [0.1, 0.15) is 12.0 Å². The Morgan fingerprint density at radius 3 is 2.74 bits per heavy atom. The smallest absolute Gasteiger partial charge is 0.417 e. The third-order valence-electron chi connectivity index (χ3n) is 4.39. The van der Waals surface area contributed by atoms with E-state index in [2.05, 4.69) is 30.6 Å². The van der Waals surface area contributed by atoms with Gasteiger partial charge in [-0.2, -0.15) is 4.98 Å². The average molecular weight is 422 g/mol. The SMILES string of the molecule is COCCCOc1ccc(Nc2ncc(C)c(Nc3ccc4oc(=O)[nH]c4c3)n2)cn1. The van der Waals surface area contributed by atoms with Crippen LogP contribution in [0.15, 0.2) is 51.9 Å². The summed E-state index contributed by atoms with van der Waals surface area (Å²) in [6.07, 6.45) is 4.18. The first-order chi connectivity index (χ1) is 15.1. The van der Waals surface area contributed by atoms with Crippen LogP contribution in [0.2, 0.25) is 0 Å². The van der Waals surface area contributed by atoms with Gasteiger partial charge >= 0.3 is 5.76 Å². The van der Waals surface area contributed by atoms with Crippen LogP contribution in [0.4, 0.5) is 23.1 Å². The molecule has 0 aliphatic carbocycles. The molecule has 0 fully saturated rings. The number of anilines is 4. The Balaban J connectivity index is 1.44. The summed E-state index contributed by atoms with van der Waals surface area (Å²) >= 11 is 0. The van der Waals surface area contributed by atoms with Crippen molar-refractivity contribution in [3.63, 3.8) is 0 Å². The Kier molecular flexibility index (Phi) is 6.08. The van der Waals surface area contributed by atoms with E-state index in [9.17, 15) is 4.79 Å². The molecular weight excluding hydrogens is 400 g/mol. The molecule has 0 radical (unpaired) electrons. The second-order valence-corrected chi connectivity index (χ2v) is 6.78. The van der Waals surface area contributed by atoms with Gasteiger partial charge in [0.25, 0.3) is 0 Å². The summed E-state index contributed by atoms with van der Waals surface area (Å²) in [6, 6.07) is 8.94. The van der Waals surface area contributed by atoms with Crippen LogP contribution in [0, 0.1) is 6.92 Å². The highest BCUT2D eigenvalue weighted by Gasteiger charge is 2.08. The van der Waals surface area contributed by atoms with E-state index in [0.717, 1.165) is 23.4 Å². The van der Waals surface area contributed by atoms with Gasteiger partial charge in [0.15, 0.2) is 5.58 Å². The lowest BCUT2D eigenvalue weighted by atomic mass is 10.2. The molecule has 3 heterocycles. The van der Waals surface area contributed by atoms with E-state index in [1.54, 1.807) is 37.7 Å². The highest BCUT2D eigenvalue weighted by molar-refractivity contribution is 5.78. The van der Waals surface area contributed by atoms with Gasteiger partial charge in [-0.3, -0.25) is 4.98 Å². The molecule has 31 heavy (non-hydrogen) atoms. The number of fused-ring (bicyclic) bond motifs is 1. The van der Waals surface area contributed by atoms with Crippen LogP contribution in [-0.4, -0.2) is 40.3 Å². The molecule has 0 bridgehead atoms. The van der Waals surface area contributed by atoms with Crippen molar-refractivity contribution in [1.82, 2.24) is 19.9 Å². The zero-order chi connectivity index (χ0) is 21.6. The Morgan fingerprint density at radius 2 is 1.94 bits per heavy atom. The van der Waals surface area contributed by atoms with Gasteiger partial charge in [0.1, 0.15) is 5.82 Å². The maximum atomic E-state index is 11.3. The van der Waals surface area contributed by atoms with Crippen LogP contribution >= 0.6 is 0 Å². The lowest BCUT2D eigenvalue weighted by molar-refractivity contribution is 0.170. The number of rotatable bonds is 9. The lowest BCUT2D eigenvalue weighted by Crippen LogP contribution is -2.04. The minimum absolute atomic E-state index is 0.418. The van der Waals surface area contributed by atoms with Gasteiger partial charge in [0.05, 0.1) is 24.0 Å². The number of aromatic nitrogens is 4. The minimum atomic E-state index is -0.489. The van der Waals surface area contributed by atoms with Gasteiger partial charge in [-0.25, -0.2) is 14.8 Å². The molecule has 0 aliphatic heterocycles. The van der Waals surface area contributed by atoms with Crippen molar-refractivity contribution in [1.29, 1.82) is 0 Å². The van der Waals surface area contributed by atoms with E-state index >= 15 is 0 Å². The predicted molar refractivity (Wildman–Crippen MR) is 116 cm³/mol. The molecule has 0 aliphatic rings. The van der Waals surface area contributed by atoms with Gasteiger partial charge in [0, 0.05) is 43.7 Å². The number of hydrogen-bond donors (Lipinski definition) is 3. The molecule has 4 aromatic rings. The number of aromatic amines is 1. The molecule has 0 saturated carbocycles. The molecular formula is C21H22N6O4. The fourth-order valence-corrected chi connectivity index (χ4v) is 2.84. The summed E-state index contributed by atoms with van der Waals surface area (Å²) in [6.45, 7) is 3.10. The molecule has 0 amide bonds. The first-order valence-electron chi connectivity index (χ1n) is 9.69. The van der Waals surface area contributed by atoms with Gasteiger partial charge in [-0.15, -0.1) is 0 Å². The van der Waals surface area contributed by atoms with Crippen molar-refractivity contribution in [3.8, 4) is 5.88 Å². The standard InChI is InChI=1S/C21H22N6O4/c1-13-11-23-20(25-15-5-7-18(22-12-15)30-9-3-8-29-2)27-19(13)24-14-4-6-17-16(10-14)26-21(28)31-17/h4-7,10-12H,3,8-9H2,1-2H3,(H,26,28)(H2,23,24,25,27). The molecule has 1 aromatic carbocycles. The molecule has 0 spiro atoms. The number of oxazole rings is 1. The number of ether oxygens (including phenoxy) is 2. The number of nitrogens with zero attached hydrogens (tertiary/aromatic N) is 3. The second kappa shape index (κ2) is 9.26. The number of methoxy groups -OCH3 is 1. The quantitative estimate of drug-likeness (QED) is 0.347. The Bertz CT molecular complexity index is 1220. The number of nitrogens with one attached hydrogen (secondary N) is 3. The summed E-state index contributed by atoms with van der Waals surface area (Å²) < 4.78 is 15.6. The zero-order valence-corrected chi connectivity index (χ0v) is 17.1. The first-order valence-corrected chi connectivity index (χ1v) is 9.69. The molecule has 3 N–H and O–H groups in total. The van der Waals surface area contributed by atoms with Crippen LogP contribution in [0.25, 0.3) is 11.1 Å². The van der Waals surface area contributed by atoms with E-state index in [1.165, 1.54) is 0 Å². The third-order valence-corrected chi connectivity index (χ3v) is 4.39. The summed E-state index contributed by atoms with van der Waals surface area (Å²) in [5.74, 6) is 1.11. The van der Waals surface area contributed by atoms with Crippen molar-refractivity contribution in [2.45, 2.75) is 13.3 Å². The van der Waals surface area contributed by atoms with Crippen LogP contribution < -0.4 is 21.1 Å². The summed E-state index contributed by atoms with van der Waals surface area (Å²) in [4.78, 5) is 27.1. The number of H-pyrrole nitrogens is 1. The average Bonchev–Trinajstić information content (AvgIpc) is 3.14. The van der Waals surface area contributed by atoms with Crippen LogP contribution in [-0.2, 0) is 4.74 Å². The predicted octanol–water partition coefficient (Wildman–Crippen LogP) is 3.52. The molecule has 10 heteroatoms. The van der Waals surface area contributed by atoms with Crippen molar-refractivity contribution in [3.05, 3.63) is 58.8 Å². The van der Waals surface area contributed by atoms with E-state index in [1.807, 2.05) is 19.1 Å². The van der Waals surface area contributed by atoms with Gasteiger partial charge in [-0.05, 0) is 31.2 Å². The van der Waals surface area contributed by atoms with E-state index < -0.39 is 5.76 Å². The maximum Gasteiger partial charge on any atom is 0.417 e. The van der Waals surface area contributed by atoms with Crippen molar-refractivity contribution in [2.75, 3.05) is 31.0 Å². The Hall–Kier alpha value is -3.92. The molecule has 0 unspecified atom stereocenters. The fourth-order valence-electron chi connectivity index (χ4n) is 2.84. The van der Waals surface area contributed by atoms with Gasteiger partial charge in [-0.1, -0.05) is 0 Å². The summed E-state index contributed by atoms with van der Waals surface area (Å²) in [7, 11) is 1.66. The summed E-state index contributed by atoms with van der Waals surface area (Å²) in [5, 5.41) is 6.37. The zero-order valence-electron chi connectivity index (χ0n) is 17.1. The molecule has 10 nitrogen and oxygen atoms in total. The van der Waals surface area contributed by atoms with Crippen LogP contribution in [0.5, 0.6) is 5.88 Å². The Labute approximate surface area is 177 Å². The van der Waals surface area contributed by atoms with Crippen molar-refractivity contribution < 1.29 is 13.9 Å². The minimum Gasteiger partial charge on any atom is -0.478 e. The van der Waals surface area contributed by atoms with E-state index in [4.69, 9.17) is 13.9 Å². The van der Waals surface area contributed by atoms with E-state index in [-0.39, 0.29) is 0 Å². The molecule has 4 rings (SSSR count). The number of aryl methyl sites for hydroxylation is 1. The van der Waals surface area contributed by atoms with Gasteiger partial charge in [0.2, 0.25) is 11.8 Å². The molecule has 160 valence electrons. The maximum absolute atomic E-state index is 11.3. The van der Waals surface area contributed by atoms with Crippen LogP contribution in [0.3, 0.4) is 0 Å². The molecule has 0 saturated heterocycles. The highest BCUT2D eigenvalue weighted by Crippen LogP contribution is 2.23. The fraction of sp³-hybridized carbons (Fsp3) is 0.238. The number of pyridine rings is 1. The largest absolute Gasteiger partial charge is 0.478 e. The highest BCUT2D eigenvalue weighted by atomic mass is 16.5. The first kappa shape index (κ1) is 20.4. The normalized spacial score (nSPS) is 10.9. The summed E-state index contributed by atoms with van der Waals surface area (Å²) in [5.41, 5.74) is 3.46. The monoisotopic (exact) mass is 422 g/mol. The van der Waals surface area contributed by atoms with Gasteiger partial charge < -0.3 is 24.5 Å². The molecule has 0 atom stereocenters. The third kappa shape index (κ3) is 5.17. The Morgan fingerprint density at radius 1 is 1.06 bits per heavy atom. The second-order valence-electron chi connectivity index (χ2n) is 6.78. The topological polar surface area (TPSA) is 127 Å². The van der Waals surface area contributed by atoms with Crippen molar-refractivity contribution in [2.24, 2.45) is 0 Å². The number of hydrogen-bond acceptors (Lipinski definition) is 9. The molecule has 3 aromatic heterocycles. The van der Waals surface area contributed by atoms with E-state index in [0.29, 0.717) is 42.0 Å².